The van der Waals surface area contributed by atoms with Gasteiger partial charge in [-0.1, -0.05) is 0 Å². The van der Waals surface area contributed by atoms with Crippen LogP contribution in [0.5, 0.6) is 5.75 Å². The number of ether oxygens (including phenoxy) is 1. The number of likely N-dealkylation sites (tertiary alicyclic amines) is 1. The molecule has 1 aliphatic heterocycles. The van der Waals surface area contributed by atoms with Gasteiger partial charge < -0.3 is 9.64 Å². The van der Waals surface area contributed by atoms with Crippen LogP contribution in [0.3, 0.4) is 0 Å². The molecule has 1 aromatic carbocycles. The van der Waals surface area contributed by atoms with E-state index in [2.05, 4.69) is 4.90 Å². The van der Waals surface area contributed by atoms with Crippen LogP contribution in [0.15, 0.2) is 24.3 Å². The van der Waals surface area contributed by atoms with Gasteiger partial charge in [0.25, 0.3) is 0 Å². The van der Waals surface area contributed by atoms with Crippen LogP contribution >= 0.6 is 11.6 Å². The van der Waals surface area contributed by atoms with Crippen LogP contribution in [0.1, 0.15) is 12.8 Å². The van der Waals surface area contributed by atoms with Crippen LogP contribution < -0.4 is 9.04 Å². The van der Waals surface area contributed by atoms with Crippen molar-refractivity contribution in [2.75, 3.05) is 49.7 Å². The lowest BCUT2D eigenvalue weighted by Crippen LogP contribution is -2.38. The fourth-order valence-corrected chi connectivity index (χ4v) is 3.51. The molecule has 0 radical (unpaired) electrons. The molecule has 1 atom stereocenters. The van der Waals surface area contributed by atoms with E-state index in [0.29, 0.717) is 24.1 Å². The van der Waals surface area contributed by atoms with Crippen molar-refractivity contribution in [2.45, 2.75) is 12.8 Å². The molecular weight excluding hydrogens is 336 g/mol. The van der Waals surface area contributed by atoms with E-state index >= 15 is 0 Å². The molecule has 0 amide bonds. The summed E-state index contributed by atoms with van der Waals surface area (Å²) in [6.07, 6.45) is 3.55. The fourth-order valence-electron chi connectivity index (χ4n) is 2.77. The first-order valence-corrected chi connectivity index (χ1v) is 10.2. The minimum atomic E-state index is -3.23. The molecule has 7 heteroatoms. The van der Waals surface area contributed by atoms with E-state index in [4.69, 9.17) is 16.3 Å². The molecule has 0 unspecified atom stereocenters. The van der Waals surface area contributed by atoms with Crippen molar-refractivity contribution in [3.63, 3.8) is 0 Å². The lowest BCUT2D eigenvalue weighted by Gasteiger charge is -2.32. The van der Waals surface area contributed by atoms with Crippen molar-refractivity contribution >= 4 is 27.3 Å². The summed E-state index contributed by atoms with van der Waals surface area (Å²) in [6.45, 7) is 3.77. The third kappa shape index (κ3) is 5.55. The number of benzene rings is 1. The van der Waals surface area contributed by atoms with Crippen LogP contribution in [0, 0.1) is 5.92 Å². The number of nitrogens with zero attached hydrogens (tertiary/aromatic N) is 2. The highest BCUT2D eigenvalue weighted by atomic mass is 35.5. The van der Waals surface area contributed by atoms with E-state index in [-0.39, 0.29) is 0 Å². The molecule has 0 aromatic heterocycles. The van der Waals surface area contributed by atoms with Gasteiger partial charge in [0.2, 0.25) is 10.0 Å². The third-order valence-corrected chi connectivity index (χ3v) is 5.56. The van der Waals surface area contributed by atoms with E-state index in [1.807, 2.05) is 12.1 Å². The Morgan fingerprint density at radius 3 is 2.65 bits per heavy atom. The Morgan fingerprint density at radius 2 is 2.04 bits per heavy atom. The van der Waals surface area contributed by atoms with Gasteiger partial charge in [0, 0.05) is 31.9 Å². The number of hydrogen-bond acceptors (Lipinski definition) is 4. The summed E-state index contributed by atoms with van der Waals surface area (Å²) in [5.74, 6) is 1.96. The first kappa shape index (κ1) is 18.4. The topological polar surface area (TPSA) is 49.9 Å². The predicted octanol–water partition coefficient (Wildman–Crippen LogP) is 2.41. The van der Waals surface area contributed by atoms with Gasteiger partial charge in [-0.3, -0.25) is 4.31 Å². The average molecular weight is 361 g/mol. The average Bonchev–Trinajstić information content (AvgIpc) is 2.53. The first-order chi connectivity index (χ1) is 10.9. The van der Waals surface area contributed by atoms with Gasteiger partial charge in [0.05, 0.1) is 18.6 Å². The Kier molecular flexibility index (Phi) is 6.56. The lowest BCUT2D eigenvalue weighted by atomic mass is 9.99. The van der Waals surface area contributed by atoms with Gasteiger partial charge in [0.15, 0.2) is 0 Å². The van der Waals surface area contributed by atoms with E-state index in [9.17, 15) is 8.42 Å². The SMILES string of the molecule is CN(c1ccc(OC[C@@H]2CCCN(CCCl)C2)cc1)S(C)(=O)=O. The van der Waals surface area contributed by atoms with Crippen molar-refractivity contribution in [1.82, 2.24) is 4.90 Å². The van der Waals surface area contributed by atoms with E-state index in [0.717, 1.165) is 25.4 Å². The molecule has 0 bridgehead atoms. The minimum absolute atomic E-state index is 0.519. The number of piperidine rings is 1. The third-order valence-electron chi connectivity index (χ3n) is 4.19. The summed E-state index contributed by atoms with van der Waals surface area (Å²) >= 11 is 5.81. The number of anilines is 1. The Morgan fingerprint density at radius 1 is 1.35 bits per heavy atom. The maximum atomic E-state index is 11.5. The van der Waals surface area contributed by atoms with Crippen molar-refractivity contribution in [3.05, 3.63) is 24.3 Å². The van der Waals surface area contributed by atoms with Crippen LogP contribution in [-0.2, 0) is 10.0 Å². The fraction of sp³-hybridized carbons (Fsp3) is 0.625. The molecule has 5 nitrogen and oxygen atoms in total. The summed E-state index contributed by atoms with van der Waals surface area (Å²) in [6, 6.07) is 7.15. The first-order valence-electron chi connectivity index (χ1n) is 7.85. The quantitative estimate of drug-likeness (QED) is 0.701. The Labute approximate surface area is 144 Å². The highest BCUT2D eigenvalue weighted by molar-refractivity contribution is 7.92. The molecule has 1 heterocycles. The normalized spacial score (nSPS) is 19.5. The maximum absolute atomic E-state index is 11.5. The molecule has 1 aliphatic rings. The molecule has 1 aromatic rings. The number of hydrogen-bond donors (Lipinski definition) is 0. The minimum Gasteiger partial charge on any atom is -0.493 e. The van der Waals surface area contributed by atoms with Crippen LogP contribution in [-0.4, -0.2) is 58.7 Å². The molecular formula is C16H25ClN2O3S. The standard InChI is InChI=1S/C16H25ClN2O3S/c1-18(23(2,20)21)15-5-7-16(8-6-15)22-13-14-4-3-10-19(12-14)11-9-17/h5-8,14H,3-4,9-13H2,1-2H3/t14-/m1/s1. The van der Waals surface area contributed by atoms with Crippen molar-refractivity contribution in [3.8, 4) is 5.75 Å². The highest BCUT2D eigenvalue weighted by Crippen LogP contribution is 2.22. The molecule has 130 valence electrons. The van der Waals surface area contributed by atoms with Gasteiger partial charge in [0.1, 0.15) is 5.75 Å². The van der Waals surface area contributed by atoms with Crippen molar-refractivity contribution < 1.29 is 13.2 Å². The molecule has 1 fully saturated rings. The zero-order valence-corrected chi connectivity index (χ0v) is 15.3. The zero-order valence-electron chi connectivity index (χ0n) is 13.7. The predicted molar refractivity (Wildman–Crippen MR) is 95.1 cm³/mol. The second-order valence-corrected chi connectivity index (χ2v) is 8.42. The largest absolute Gasteiger partial charge is 0.493 e. The number of alkyl halides is 1. The number of halogens is 1. The Balaban J connectivity index is 1.87. The molecule has 2 rings (SSSR count). The highest BCUT2D eigenvalue weighted by Gasteiger charge is 2.20. The van der Waals surface area contributed by atoms with Gasteiger partial charge in [-0.15, -0.1) is 11.6 Å². The second-order valence-electron chi connectivity index (χ2n) is 6.03. The summed E-state index contributed by atoms with van der Waals surface area (Å²) in [7, 11) is -1.69. The van der Waals surface area contributed by atoms with Crippen LogP contribution in [0.4, 0.5) is 5.69 Å². The summed E-state index contributed by atoms with van der Waals surface area (Å²) in [5.41, 5.74) is 0.630. The van der Waals surface area contributed by atoms with Crippen molar-refractivity contribution in [1.29, 1.82) is 0 Å². The van der Waals surface area contributed by atoms with Gasteiger partial charge in [-0.25, -0.2) is 8.42 Å². The molecule has 0 N–H and O–H groups in total. The van der Waals surface area contributed by atoms with E-state index in [1.165, 1.54) is 23.4 Å². The summed E-state index contributed by atoms with van der Waals surface area (Å²) in [4.78, 5) is 2.38. The smallest absolute Gasteiger partial charge is 0.231 e. The summed E-state index contributed by atoms with van der Waals surface area (Å²) in [5, 5.41) is 0. The van der Waals surface area contributed by atoms with Crippen LogP contribution in [0.25, 0.3) is 0 Å². The Hall–Kier alpha value is -0.980. The number of sulfonamides is 1. The monoisotopic (exact) mass is 360 g/mol. The van der Waals surface area contributed by atoms with Crippen LogP contribution in [0.2, 0.25) is 0 Å². The molecule has 0 aliphatic carbocycles. The second kappa shape index (κ2) is 8.22. The Bertz CT molecular complexity index is 590. The number of rotatable bonds is 7. The van der Waals surface area contributed by atoms with Gasteiger partial charge in [-0.05, 0) is 43.7 Å². The van der Waals surface area contributed by atoms with Gasteiger partial charge >= 0.3 is 0 Å². The maximum Gasteiger partial charge on any atom is 0.231 e. The van der Waals surface area contributed by atoms with Gasteiger partial charge in [-0.2, -0.15) is 0 Å². The molecule has 1 saturated heterocycles. The zero-order chi connectivity index (χ0) is 16.9. The lowest BCUT2D eigenvalue weighted by molar-refractivity contribution is 0.135. The van der Waals surface area contributed by atoms with Crippen molar-refractivity contribution in [2.24, 2.45) is 5.92 Å². The molecule has 0 saturated carbocycles. The van der Waals surface area contributed by atoms with E-state index in [1.54, 1.807) is 19.2 Å². The molecule has 0 spiro atoms. The van der Waals surface area contributed by atoms with E-state index < -0.39 is 10.0 Å². The summed E-state index contributed by atoms with van der Waals surface area (Å²) < 4.78 is 30.1. The molecule has 23 heavy (non-hydrogen) atoms.